The number of carbonyl (C=O) groups excluding carboxylic acids is 1. The average Bonchev–Trinajstić information content (AvgIpc) is 2.82. The molecule has 10 heteroatoms. The van der Waals surface area contributed by atoms with Gasteiger partial charge in [-0.05, 0) is 36.8 Å². The molecule has 0 atom stereocenters. The van der Waals surface area contributed by atoms with E-state index < -0.39 is 23.8 Å². The zero-order chi connectivity index (χ0) is 24.9. The minimum Gasteiger partial charge on any atom is -0.503 e. The number of benzene rings is 3. The molecule has 8 nitrogen and oxygen atoms in total. The summed E-state index contributed by atoms with van der Waals surface area (Å²) in [5, 5.41) is 29.6. The van der Waals surface area contributed by atoms with Crippen molar-refractivity contribution in [1.82, 2.24) is 0 Å². The highest BCUT2D eigenvalue weighted by atomic mass is 35.5. The van der Waals surface area contributed by atoms with Crippen LogP contribution in [-0.4, -0.2) is 34.2 Å². The van der Waals surface area contributed by atoms with E-state index in [1.807, 2.05) is 0 Å². The zero-order valence-corrected chi connectivity index (χ0v) is 19.2. The van der Waals surface area contributed by atoms with E-state index in [0.29, 0.717) is 0 Å². The molecule has 0 bridgehead atoms. The number of fused-ring (bicyclic) bond motifs is 2. The normalized spacial score (nSPS) is 11.2. The number of halogens is 2. The van der Waals surface area contributed by atoms with Crippen LogP contribution in [0.4, 0.5) is 0 Å². The van der Waals surface area contributed by atoms with E-state index in [1.165, 1.54) is 44.4 Å². The van der Waals surface area contributed by atoms with Gasteiger partial charge in [-0.1, -0.05) is 29.3 Å². The molecule has 2 aromatic rings. The van der Waals surface area contributed by atoms with Crippen LogP contribution in [0, 0.1) is 0 Å². The monoisotopic (exact) mass is 502 g/mol. The summed E-state index contributed by atoms with van der Waals surface area (Å²) in [6.07, 6.45) is 0. The Bertz CT molecular complexity index is 1540. The number of aromatic hydroxyl groups is 1. The number of aromatic carboxylic acids is 1. The number of carboxylic acids is 1. The number of phenolic OH excluding ortho intramolecular Hbond substituents is 1. The van der Waals surface area contributed by atoms with Crippen molar-refractivity contribution in [2.45, 2.75) is 13.5 Å². The molecule has 4 rings (SSSR count). The second kappa shape index (κ2) is 8.64. The summed E-state index contributed by atoms with van der Waals surface area (Å²) in [5.74, 6) is -2.19. The van der Waals surface area contributed by atoms with Crippen LogP contribution in [0.15, 0.2) is 39.5 Å². The maximum Gasteiger partial charge on any atom is 0.336 e. The molecule has 0 radical (unpaired) electrons. The lowest BCUT2D eigenvalue weighted by atomic mass is 9.88. The fraction of sp³-hybridized carbons (Fsp3) is 0.125. The van der Waals surface area contributed by atoms with Gasteiger partial charge in [-0.2, -0.15) is 0 Å². The number of hydrogen-bond acceptors (Lipinski definition) is 7. The van der Waals surface area contributed by atoms with Gasteiger partial charge in [0.1, 0.15) is 10.0 Å². The zero-order valence-electron chi connectivity index (χ0n) is 17.7. The lowest BCUT2D eigenvalue weighted by Crippen LogP contribution is -2.12. The summed E-state index contributed by atoms with van der Waals surface area (Å²) in [4.78, 5) is 36.8. The Kier molecular flexibility index (Phi) is 5.99. The van der Waals surface area contributed by atoms with Crippen molar-refractivity contribution in [3.05, 3.63) is 67.3 Å². The third kappa shape index (κ3) is 3.56. The molecule has 2 aliphatic rings. The first-order valence-corrected chi connectivity index (χ1v) is 10.5. The molecule has 0 spiro atoms. The number of Topliss-reactive ketones (excluding diaryl/α,β-unsaturated/α-hetero) is 1. The van der Waals surface area contributed by atoms with Gasteiger partial charge in [0.15, 0.2) is 28.6 Å². The van der Waals surface area contributed by atoms with E-state index in [0.717, 1.165) is 0 Å². The molecule has 0 saturated carbocycles. The Hall–Kier alpha value is -3.59. The molecular formula is C24H16Cl2O8. The van der Waals surface area contributed by atoms with Crippen molar-refractivity contribution < 1.29 is 34.1 Å². The van der Waals surface area contributed by atoms with E-state index in [-0.39, 0.29) is 71.7 Å². The molecule has 0 amide bonds. The molecule has 3 N–H and O–H groups in total. The first-order valence-electron chi connectivity index (χ1n) is 9.77. The number of methoxy groups -OCH3 is 1. The van der Waals surface area contributed by atoms with E-state index >= 15 is 0 Å². The van der Waals surface area contributed by atoms with Gasteiger partial charge >= 0.3 is 5.97 Å². The van der Waals surface area contributed by atoms with Crippen LogP contribution in [0.3, 0.4) is 0 Å². The molecule has 2 aromatic carbocycles. The van der Waals surface area contributed by atoms with Crippen LogP contribution >= 0.6 is 23.2 Å². The molecule has 0 aromatic heterocycles. The minimum absolute atomic E-state index is 0.0261. The van der Waals surface area contributed by atoms with Crippen LogP contribution < -0.4 is 10.2 Å². The number of phenols is 1. The van der Waals surface area contributed by atoms with Gasteiger partial charge in [0.25, 0.3) is 0 Å². The lowest BCUT2D eigenvalue weighted by Gasteiger charge is -2.20. The highest BCUT2D eigenvalue weighted by molar-refractivity contribution is 6.38. The molecule has 0 unspecified atom stereocenters. The third-order valence-electron chi connectivity index (χ3n) is 5.47. The predicted molar refractivity (Wildman–Crippen MR) is 126 cm³/mol. The van der Waals surface area contributed by atoms with Crippen molar-refractivity contribution in [2.75, 3.05) is 7.11 Å². The average molecular weight is 503 g/mol. The minimum atomic E-state index is -1.28. The van der Waals surface area contributed by atoms with Crippen LogP contribution in [0.1, 0.15) is 33.2 Å². The van der Waals surface area contributed by atoms with E-state index in [9.17, 15) is 29.7 Å². The molecule has 1 aliphatic heterocycles. The van der Waals surface area contributed by atoms with Crippen molar-refractivity contribution in [3.63, 3.8) is 0 Å². The van der Waals surface area contributed by atoms with E-state index in [1.54, 1.807) is 0 Å². The van der Waals surface area contributed by atoms with Crippen LogP contribution in [0.25, 0.3) is 33.4 Å². The summed E-state index contributed by atoms with van der Waals surface area (Å²) < 4.78 is 11.0. The number of aliphatic hydroxyl groups is 1. The smallest absolute Gasteiger partial charge is 0.336 e. The lowest BCUT2D eigenvalue weighted by molar-refractivity contribution is 0.0697. The largest absolute Gasteiger partial charge is 0.503 e. The number of carboxylic acid groups (broad SMARTS) is 1. The maximum absolute atomic E-state index is 12.6. The van der Waals surface area contributed by atoms with E-state index in [4.69, 9.17) is 32.4 Å². The summed E-state index contributed by atoms with van der Waals surface area (Å²) in [6, 6.07) is 6.78. The number of rotatable bonds is 5. The predicted octanol–water partition coefficient (Wildman–Crippen LogP) is 4.98. The molecule has 174 valence electrons. The van der Waals surface area contributed by atoms with Gasteiger partial charge in [0.2, 0.25) is 5.43 Å². The van der Waals surface area contributed by atoms with Gasteiger partial charge in [-0.3, -0.25) is 9.59 Å². The second-order valence-corrected chi connectivity index (χ2v) is 8.19. The second-order valence-electron chi connectivity index (χ2n) is 7.43. The van der Waals surface area contributed by atoms with Gasteiger partial charge in [0, 0.05) is 27.6 Å². The maximum atomic E-state index is 12.6. The topological polar surface area (TPSA) is 134 Å². The van der Waals surface area contributed by atoms with Crippen LogP contribution in [0.5, 0.6) is 11.5 Å². The first-order chi connectivity index (χ1) is 16.1. The van der Waals surface area contributed by atoms with E-state index in [2.05, 4.69) is 0 Å². The molecule has 34 heavy (non-hydrogen) atoms. The number of hydrogen-bond donors (Lipinski definition) is 3. The highest BCUT2D eigenvalue weighted by Gasteiger charge is 2.28. The summed E-state index contributed by atoms with van der Waals surface area (Å²) in [7, 11) is 1.30. The number of ether oxygens (including phenoxy) is 1. The first kappa shape index (κ1) is 23.6. The molecule has 1 heterocycles. The Morgan fingerprint density at radius 3 is 2.38 bits per heavy atom. The Morgan fingerprint density at radius 2 is 1.79 bits per heavy atom. The summed E-state index contributed by atoms with van der Waals surface area (Å²) >= 11 is 12.6. The fourth-order valence-corrected chi connectivity index (χ4v) is 4.30. The van der Waals surface area contributed by atoms with Crippen molar-refractivity contribution in [3.8, 4) is 33.9 Å². The van der Waals surface area contributed by atoms with Crippen LogP contribution in [-0.2, 0) is 6.61 Å². The highest BCUT2D eigenvalue weighted by Crippen LogP contribution is 2.49. The molecule has 1 aliphatic carbocycles. The third-order valence-corrected chi connectivity index (χ3v) is 6.17. The Balaban J connectivity index is 2.35. The summed E-state index contributed by atoms with van der Waals surface area (Å²) in [5.41, 5.74) is -0.261. The van der Waals surface area contributed by atoms with Gasteiger partial charge in [-0.25, -0.2) is 4.79 Å². The van der Waals surface area contributed by atoms with Crippen LogP contribution in [0.2, 0.25) is 10.0 Å². The van der Waals surface area contributed by atoms with Gasteiger partial charge in [0.05, 0.1) is 19.3 Å². The molecule has 0 fully saturated rings. The quantitative estimate of drug-likeness (QED) is 0.257. The standard InChI is InChI=1S/C24H16Cl2O8/c1-9(28)10-3-4-12(24(31)32)13(5-10)17-14-6-11(8-27)20(29)18(25)22(14)34-23-15(17)7-16(33-2)21(30)19(23)26/h3-7,27,30H,8H2,1-2H3,(H,31,32). The fourth-order valence-electron chi connectivity index (χ4n) is 3.80. The SMILES string of the molecule is COc1cc2c(-c3cc(C(C)=O)ccc3C(=O)O)c3cc(CO)c(=O)c(Cl)c-3oc2c(Cl)c1O. The number of aliphatic hydroxyl groups excluding tert-OH is 1. The van der Waals surface area contributed by atoms with Crippen molar-refractivity contribution in [1.29, 1.82) is 0 Å². The Labute approximate surface area is 201 Å². The Morgan fingerprint density at radius 1 is 1.09 bits per heavy atom. The number of ketones is 1. The van der Waals surface area contributed by atoms with Crippen molar-refractivity contribution >= 4 is 45.9 Å². The number of carbonyl (C=O) groups is 2. The van der Waals surface area contributed by atoms with Gasteiger partial charge in [-0.15, -0.1) is 0 Å². The summed E-state index contributed by atoms with van der Waals surface area (Å²) in [6.45, 7) is 0.698. The molecular weight excluding hydrogens is 487 g/mol. The van der Waals surface area contributed by atoms with Crippen molar-refractivity contribution in [2.24, 2.45) is 0 Å². The molecule has 0 saturated heterocycles. The van der Waals surface area contributed by atoms with Gasteiger partial charge < -0.3 is 24.5 Å².